The van der Waals surface area contributed by atoms with Crippen LogP contribution >= 0.6 is 0 Å². The van der Waals surface area contributed by atoms with Crippen LogP contribution in [0.25, 0.3) is 0 Å². The van der Waals surface area contributed by atoms with Gasteiger partial charge in [0.25, 0.3) is 0 Å². The van der Waals surface area contributed by atoms with Gasteiger partial charge < -0.3 is 19.6 Å². The summed E-state index contributed by atoms with van der Waals surface area (Å²) >= 11 is 0. The Morgan fingerprint density at radius 2 is 1.52 bits per heavy atom. The van der Waals surface area contributed by atoms with E-state index in [4.69, 9.17) is 4.74 Å². The van der Waals surface area contributed by atoms with E-state index in [2.05, 4.69) is 19.8 Å². The molecule has 2 aliphatic heterocycles. The van der Waals surface area contributed by atoms with Gasteiger partial charge in [-0.3, -0.25) is 0 Å². The van der Waals surface area contributed by atoms with Gasteiger partial charge in [-0.15, -0.1) is 0 Å². The second-order valence-electron chi connectivity index (χ2n) is 9.40. The molecule has 1 saturated carbocycles. The fourth-order valence-corrected chi connectivity index (χ4v) is 5.48. The first-order valence-corrected chi connectivity index (χ1v) is 12.0. The zero-order valence-corrected chi connectivity index (χ0v) is 18.3. The van der Waals surface area contributed by atoms with Gasteiger partial charge in [-0.2, -0.15) is 0 Å². The van der Waals surface area contributed by atoms with Gasteiger partial charge in [0.1, 0.15) is 6.10 Å². The average Bonchev–Trinajstić information content (AvgIpc) is 3.36. The van der Waals surface area contributed by atoms with E-state index in [1.165, 1.54) is 25.7 Å². The van der Waals surface area contributed by atoms with Crippen LogP contribution in [0, 0.1) is 0 Å². The summed E-state index contributed by atoms with van der Waals surface area (Å²) in [5.41, 5.74) is 1.27. The molecule has 1 aliphatic carbocycles. The maximum Gasteiger partial charge on any atom is 0.316 e. The zero-order valence-electron chi connectivity index (χ0n) is 18.3. The Hall–Kier alpha value is -2.18. The Bertz CT molecular complexity index is 822. The van der Waals surface area contributed by atoms with E-state index in [1.807, 2.05) is 42.7 Å². The topological polar surface area (TPSA) is 61.7 Å². The molecule has 1 aromatic heterocycles. The molecule has 3 aliphatic rings. The van der Waals surface area contributed by atoms with E-state index in [0.717, 1.165) is 56.3 Å². The normalized spacial score (nSPS) is 23.2. The molecule has 0 unspecified atom stereocenters. The zero-order chi connectivity index (χ0) is 21.1. The minimum Gasteiger partial charge on any atom is -0.460 e. The molecule has 3 heterocycles. The van der Waals surface area contributed by atoms with Crippen molar-refractivity contribution in [1.29, 1.82) is 0 Å². The van der Waals surface area contributed by atoms with E-state index in [9.17, 15) is 5.11 Å². The first kappa shape index (κ1) is 20.7. The lowest BCUT2D eigenvalue weighted by Gasteiger charge is -2.39. The summed E-state index contributed by atoms with van der Waals surface area (Å²) < 4.78 is 6.09. The van der Waals surface area contributed by atoms with Crippen LogP contribution in [-0.4, -0.2) is 58.3 Å². The van der Waals surface area contributed by atoms with Crippen LogP contribution in [-0.2, 0) is 5.60 Å². The van der Waals surface area contributed by atoms with Crippen LogP contribution < -0.4 is 9.64 Å². The SMILES string of the molecule is OC1(c2ccccc2)CCN(c2cnc(OC3CCN(C4CCCC4)CC3)nc2)CC1. The lowest BCUT2D eigenvalue weighted by Crippen LogP contribution is -2.43. The molecular weight excluding hydrogens is 388 g/mol. The molecule has 1 N–H and O–H groups in total. The largest absolute Gasteiger partial charge is 0.460 e. The number of nitrogens with zero attached hydrogens (tertiary/aromatic N) is 4. The average molecular weight is 423 g/mol. The molecule has 2 saturated heterocycles. The molecule has 0 bridgehead atoms. The fraction of sp³-hybridized carbons (Fsp3) is 0.600. The quantitative estimate of drug-likeness (QED) is 0.792. The van der Waals surface area contributed by atoms with Gasteiger partial charge in [0.15, 0.2) is 0 Å². The van der Waals surface area contributed by atoms with Gasteiger partial charge in [0.2, 0.25) is 0 Å². The van der Waals surface area contributed by atoms with Crippen LogP contribution in [0.3, 0.4) is 0 Å². The van der Waals surface area contributed by atoms with Crippen LogP contribution in [0.2, 0.25) is 0 Å². The highest BCUT2D eigenvalue weighted by atomic mass is 16.5. The van der Waals surface area contributed by atoms with Gasteiger partial charge in [0, 0.05) is 32.2 Å². The van der Waals surface area contributed by atoms with Crippen LogP contribution in [0.1, 0.15) is 56.9 Å². The second kappa shape index (κ2) is 9.13. The molecule has 31 heavy (non-hydrogen) atoms. The van der Waals surface area contributed by atoms with Gasteiger partial charge in [-0.05, 0) is 44.1 Å². The van der Waals surface area contributed by atoms with Crippen molar-refractivity contribution in [2.45, 2.75) is 69.1 Å². The number of aliphatic hydroxyl groups is 1. The standard InChI is InChI=1S/C25H34N4O2/c30-25(20-6-2-1-3-7-20)12-16-29(17-13-25)22-18-26-24(27-19-22)31-23-10-14-28(15-11-23)21-8-4-5-9-21/h1-3,6-7,18-19,21,23,30H,4-5,8-17H2. The summed E-state index contributed by atoms with van der Waals surface area (Å²) in [5.74, 6) is 0. The number of hydrogen-bond acceptors (Lipinski definition) is 6. The first-order valence-electron chi connectivity index (χ1n) is 12.0. The fourth-order valence-electron chi connectivity index (χ4n) is 5.48. The van der Waals surface area contributed by atoms with Crippen molar-refractivity contribution in [3.05, 3.63) is 48.3 Å². The molecule has 1 aromatic carbocycles. The molecule has 0 spiro atoms. The van der Waals surface area contributed by atoms with Crippen molar-refractivity contribution in [3.63, 3.8) is 0 Å². The van der Waals surface area contributed by atoms with E-state index < -0.39 is 5.60 Å². The molecule has 5 rings (SSSR count). The Labute approximate surface area is 185 Å². The van der Waals surface area contributed by atoms with Crippen LogP contribution in [0.15, 0.2) is 42.7 Å². The molecular formula is C25H34N4O2. The molecule has 2 aromatic rings. The van der Waals surface area contributed by atoms with Crippen molar-refractivity contribution < 1.29 is 9.84 Å². The smallest absolute Gasteiger partial charge is 0.316 e. The summed E-state index contributed by atoms with van der Waals surface area (Å²) in [7, 11) is 0. The van der Waals surface area contributed by atoms with E-state index in [0.29, 0.717) is 18.9 Å². The number of rotatable bonds is 5. The molecule has 0 radical (unpaired) electrons. The van der Waals surface area contributed by atoms with Crippen LogP contribution in [0.4, 0.5) is 5.69 Å². The summed E-state index contributed by atoms with van der Waals surface area (Å²) in [4.78, 5) is 13.9. The van der Waals surface area contributed by atoms with E-state index in [1.54, 1.807) is 0 Å². The van der Waals surface area contributed by atoms with E-state index in [-0.39, 0.29) is 6.10 Å². The number of hydrogen-bond donors (Lipinski definition) is 1. The Balaban J connectivity index is 1.12. The molecule has 3 fully saturated rings. The Morgan fingerprint density at radius 1 is 0.871 bits per heavy atom. The highest BCUT2D eigenvalue weighted by Crippen LogP contribution is 2.34. The summed E-state index contributed by atoms with van der Waals surface area (Å²) in [5, 5.41) is 11.0. The molecule has 166 valence electrons. The molecule has 6 heteroatoms. The highest BCUT2D eigenvalue weighted by molar-refractivity contribution is 5.43. The molecule has 0 amide bonds. The summed E-state index contributed by atoms with van der Waals surface area (Å²) in [6, 6.07) is 11.3. The van der Waals surface area contributed by atoms with Gasteiger partial charge in [0.05, 0.1) is 23.7 Å². The van der Waals surface area contributed by atoms with Crippen molar-refractivity contribution in [3.8, 4) is 6.01 Å². The van der Waals surface area contributed by atoms with Crippen molar-refractivity contribution in [2.24, 2.45) is 0 Å². The predicted octanol–water partition coefficient (Wildman–Crippen LogP) is 3.75. The Morgan fingerprint density at radius 3 is 2.16 bits per heavy atom. The lowest BCUT2D eigenvalue weighted by molar-refractivity contribution is 0.0117. The third kappa shape index (κ3) is 4.70. The third-order valence-electron chi connectivity index (χ3n) is 7.47. The van der Waals surface area contributed by atoms with Crippen LogP contribution in [0.5, 0.6) is 6.01 Å². The maximum absolute atomic E-state index is 11.0. The van der Waals surface area contributed by atoms with Crippen molar-refractivity contribution in [2.75, 3.05) is 31.1 Å². The lowest BCUT2D eigenvalue weighted by atomic mass is 9.84. The minimum atomic E-state index is -0.741. The van der Waals surface area contributed by atoms with Gasteiger partial charge >= 0.3 is 6.01 Å². The highest BCUT2D eigenvalue weighted by Gasteiger charge is 2.34. The van der Waals surface area contributed by atoms with Crippen molar-refractivity contribution in [1.82, 2.24) is 14.9 Å². The maximum atomic E-state index is 11.0. The number of anilines is 1. The van der Waals surface area contributed by atoms with Gasteiger partial charge in [-0.1, -0.05) is 43.2 Å². The number of piperidine rings is 2. The van der Waals surface area contributed by atoms with E-state index >= 15 is 0 Å². The Kier molecular flexibility index (Phi) is 6.10. The summed E-state index contributed by atoms with van der Waals surface area (Å²) in [6.45, 7) is 3.83. The monoisotopic (exact) mass is 422 g/mol. The third-order valence-corrected chi connectivity index (χ3v) is 7.47. The number of likely N-dealkylation sites (tertiary alicyclic amines) is 1. The number of aromatic nitrogens is 2. The summed E-state index contributed by atoms with van der Waals surface area (Å²) in [6.07, 6.45) is 13.0. The molecule has 0 atom stereocenters. The molecule has 6 nitrogen and oxygen atoms in total. The predicted molar refractivity (Wildman–Crippen MR) is 121 cm³/mol. The number of benzene rings is 1. The minimum absolute atomic E-state index is 0.222. The second-order valence-corrected chi connectivity index (χ2v) is 9.40. The first-order chi connectivity index (χ1) is 15.2. The van der Waals surface area contributed by atoms with Gasteiger partial charge in [-0.25, -0.2) is 9.97 Å². The van der Waals surface area contributed by atoms with Crippen molar-refractivity contribution >= 4 is 5.69 Å². The number of ether oxygens (including phenoxy) is 1.